The lowest BCUT2D eigenvalue weighted by atomic mass is 9.42. The van der Waals surface area contributed by atoms with Crippen molar-refractivity contribution in [1.29, 1.82) is 0 Å². The third kappa shape index (κ3) is 6.76. The second-order valence-electron chi connectivity index (χ2n) is 21.1. The minimum absolute atomic E-state index is 0.0354. The van der Waals surface area contributed by atoms with Crippen LogP contribution in [0.2, 0.25) is 0 Å². The van der Waals surface area contributed by atoms with Crippen molar-refractivity contribution in [1.82, 2.24) is 5.32 Å². The molecular formula is C45H76N2O6. The van der Waals surface area contributed by atoms with Gasteiger partial charge >= 0.3 is 0 Å². The average Bonchev–Trinajstić information content (AvgIpc) is 3.88. The van der Waals surface area contributed by atoms with Crippen molar-refractivity contribution in [2.75, 3.05) is 6.54 Å². The number of carbonyl (C=O) groups is 1. The number of aliphatic hydroxyl groups excluding tert-OH is 1. The van der Waals surface area contributed by atoms with Gasteiger partial charge in [-0.1, -0.05) is 79.6 Å². The van der Waals surface area contributed by atoms with Crippen LogP contribution in [-0.2, 0) is 9.53 Å². The molecule has 14 atom stereocenters. The molecule has 2 unspecified atom stereocenters. The van der Waals surface area contributed by atoms with E-state index in [1.807, 2.05) is 13.0 Å². The number of ketones is 1. The number of ether oxygens (including phenoxy) is 1. The number of carbonyl (C=O) groups excluding carboxylic acids is 1. The van der Waals surface area contributed by atoms with Crippen molar-refractivity contribution < 1.29 is 30.0 Å². The van der Waals surface area contributed by atoms with Crippen molar-refractivity contribution >= 4 is 5.78 Å². The topological polar surface area (TPSA) is 149 Å². The summed E-state index contributed by atoms with van der Waals surface area (Å²) in [7, 11) is 0. The number of nitrogens with two attached hydrogens (primary N) is 1. The lowest BCUT2D eigenvalue weighted by molar-refractivity contribution is -0.170. The van der Waals surface area contributed by atoms with Gasteiger partial charge in [-0.3, -0.25) is 4.79 Å². The summed E-state index contributed by atoms with van der Waals surface area (Å²) in [5.74, 6) is 1.28. The van der Waals surface area contributed by atoms with Gasteiger partial charge in [-0.15, -0.1) is 0 Å². The molecule has 2 saturated heterocycles. The zero-order chi connectivity index (χ0) is 38.2. The molecule has 8 heteroatoms. The van der Waals surface area contributed by atoms with Crippen molar-refractivity contribution in [2.24, 2.45) is 57.5 Å². The zero-order valence-electron chi connectivity index (χ0n) is 34.2. The first-order chi connectivity index (χ1) is 24.9. The summed E-state index contributed by atoms with van der Waals surface area (Å²) in [4.78, 5) is 14.1. The number of epoxide rings is 1. The van der Waals surface area contributed by atoms with Crippen LogP contribution in [0.1, 0.15) is 164 Å². The highest BCUT2D eigenvalue weighted by Gasteiger charge is 2.74. The molecular weight excluding hydrogens is 665 g/mol. The van der Waals surface area contributed by atoms with Crippen LogP contribution in [0.4, 0.5) is 0 Å². The van der Waals surface area contributed by atoms with E-state index in [0.717, 1.165) is 69.4 Å². The van der Waals surface area contributed by atoms with Crippen LogP contribution in [-0.4, -0.2) is 74.0 Å². The highest BCUT2D eigenvalue weighted by Crippen LogP contribution is 2.72. The van der Waals surface area contributed by atoms with Crippen molar-refractivity contribution in [3.63, 3.8) is 0 Å². The molecule has 302 valence electrons. The minimum Gasteiger partial charge on any atom is -0.393 e. The Morgan fingerprint density at radius 1 is 0.925 bits per heavy atom. The Morgan fingerprint density at radius 2 is 1.66 bits per heavy atom. The highest BCUT2D eigenvalue weighted by molar-refractivity contribution is 5.95. The average molecular weight is 741 g/mol. The van der Waals surface area contributed by atoms with E-state index in [0.29, 0.717) is 38.0 Å². The van der Waals surface area contributed by atoms with Gasteiger partial charge in [0.2, 0.25) is 0 Å². The van der Waals surface area contributed by atoms with E-state index in [1.54, 1.807) is 0 Å². The maximum Gasteiger partial charge on any atom is 0.159 e. The second kappa shape index (κ2) is 14.5. The molecule has 7 aliphatic rings. The molecule has 5 aliphatic carbocycles. The summed E-state index contributed by atoms with van der Waals surface area (Å²) in [6.45, 7) is 13.8. The molecule has 2 aliphatic heterocycles. The van der Waals surface area contributed by atoms with E-state index in [2.05, 4.69) is 39.9 Å². The molecule has 0 aromatic carbocycles. The van der Waals surface area contributed by atoms with E-state index < -0.39 is 45.9 Å². The first-order valence-electron chi connectivity index (χ1n) is 22.2. The van der Waals surface area contributed by atoms with Gasteiger partial charge in [0.25, 0.3) is 0 Å². The lowest BCUT2D eigenvalue weighted by Crippen LogP contribution is -2.64. The Morgan fingerprint density at radius 3 is 2.36 bits per heavy atom. The number of fused-ring (bicyclic) bond motifs is 5. The lowest BCUT2D eigenvalue weighted by Gasteiger charge is -2.63. The van der Waals surface area contributed by atoms with E-state index in [9.17, 15) is 25.2 Å². The highest BCUT2D eigenvalue weighted by atomic mass is 16.6. The number of hydrogen-bond donors (Lipinski definition) is 6. The standard InChI is InChI=1S/C45H76N2O6/c1-7-19-44(51,39-38(53-39)43(6,50)40(2,3)20-15-29-18-23-47-36(46)24-29)35-17-22-45(52)33-26-34(49)32-25-31(48)16-21-41(32,4)37(33)30(27-42(35,45)5)14-13-28-11-9-8-10-12-28/h26,28-32,35-39,47-48,50-52H,7-25,27,46H2,1-6H3/t29?,30-,31+,32-,35-,36?,37-,38+,39-,41+,42-,43+,44-,45+/m1/s1. The second-order valence-corrected chi connectivity index (χ2v) is 21.1. The Bertz CT molecular complexity index is 1380. The molecule has 0 radical (unpaired) electrons. The number of piperidine rings is 1. The maximum atomic E-state index is 14.1. The molecule has 0 bridgehead atoms. The summed E-state index contributed by atoms with van der Waals surface area (Å²) in [5, 5.41) is 52.9. The number of allylic oxidation sites excluding steroid dienone is 1. The molecule has 0 aromatic rings. The van der Waals surface area contributed by atoms with E-state index in [4.69, 9.17) is 10.5 Å². The van der Waals surface area contributed by atoms with Gasteiger partial charge in [0, 0.05) is 11.3 Å². The van der Waals surface area contributed by atoms with Gasteiger partial charge in [-0.2, -0.15) is 0 Å². The largest absolute Gasteiger partial charge is 0.393 e. The first kappa shape index (κ1) is 40.3. The molecule has 53 heavy (non-hydrogen) atoms. The fourth-order valence-electron chi connectivity index (χ4n) is 14.0. The fourth-order valence-corrected chi connectivity index (χ4v) is 14.0. The molecule has 4 saturated carbocycles. The molecule has 2 heterocycles. The van der Waals surface area contributed by atoms with Crippen LogP contribution in [0.15, 0.2) is 11.6 Å². The van der Waals surface area contributed by atoms with Crippen LogP contribution in [0.5, 0.6) is 0 Å². The smallest absolute Gasteiger partial charge is 0.159 e. The van der Waals surface area contributed by atoms with E-state index in [-0.39, 0.29) is 41.0 Å². The first-order valence-corrected chi connectivity index (χ1v) is 22.2. The van der Waals surface area contributed by atoms with E-state index >= 15 is 0 Å². The zero-order valence-corrected chi connectivity index (χ0v) is 34.2. The maximum absolute atomic E-state index is 14.1. The SMILES string of the molecule is CCC[C@](O)([C@@H]1O[C@@H]1[C@](C)(O)C(C)(C)CCC1CCNC(N)C1)[C@@H]1CC[C@]2(O)C3=CC(=O)[C@H]4C[C@@H](O)CC[C@]4(C)[C@@H]3[C@H](CCC3CCCCC3)C[C@]12C. The predicted octanol–water partition coefficient (Wildman–Crippen LogP) is 6.95. The Labute approximate surface area is 320 Å². The quantitative estimate of drug-likeness (QED) is 0.118. The fraction of sp³-hybridized carbons (Fsp3) is 0.933. The number of rotatable bonds is 12. The van der Waals surface area contributed by atoms with Crippen LogP contribution in [0, 0.1) is 51.8 Å². The molecule has 6 fully saturated rings. The van der Waals surface area contributed by atoms with Gasteiger partial charge < -0.3 is 36.2 Å². The third-order valence-corrected chi connectivity index (χ3v) is 17.7. The van der Waals surface area contributed by atoms with Crippen LogP contribution >= 0.6 is 0 Å². The molecule has 7 N–H and O–H groups in total. The normalized spacial score (nSPS) is 45.7. The number of aliphatic hydroxyl groups is 4. The Balaban J connectivity index is 1.18. The summed E-state index contributed by atoms with van der Waals surface area (Å²) in [5.41, 5.74) is 2.19. The molecule has 0 amide bonds. The number of hydrogen-bond acceptors (Lipinski definition) is 8. The summed E-state index contributed by atoms with van der Waals surface area (Å²) in [6, 6.07) is 0. The van der Waals surface area contributed by atoms with Crippen LogP contribution in [0.3, 0.4) is 0 Å². The Hall–Kier alpha value is -0.870. The predicted molar refractivity (Wildman–Crippen MR) is 209 cm³/mol. The van der Waals surface area contributed by atoms with Gasteiger partial charge in [0.05, 0.1) is 29.1 Å². The van der Waals surface area contributed by atoms with Gasteiger partial charge in [-0.05, 0) is 143 Å². The van der Waals surface area contributed by atoms with Crippen molar-refractivity contribution in [3.8, 4) is 0 Å². The third-order valence-electron chi connectivity index (χ3n) is 17.7. The number of nitrogens with one attached hydrogen (secondary N) is 1. The minimum atomic E-state index is -1.22. The van der Waals surface area contributed by atoms with Crippen LogP contribution in [0.25, 0.3) is 0 Å². The summed E-state index contributed by atoms with van der Waals surface area (Å²) in [6.07, 6.45) is 18.4. The van der Waals surface area contributed by atoms with E-state index in [1.165, 1.54) is 38.5 Å². The molecule has 0 aromatic heterocycles. The van der Waals surface area contributed by atoms with Crippen LogP contribution < -0.4 is 11.1 Å². The molecule has 8 nitrogen and oxygen atoms in total. The molecule has 0 spiro atoms. The monoisotopic (exact) mass is 741 g/mol. The Kier molecular flexibility index (Phi) is 11.0. The van der Waals surface area contributed by atoms with Crippen molar-refractivity contribution in [2.45, 2.75) is 205 Å². The summed E-state index contributed by atoms with van der Waals surface area (Å²) < 4.78 is 6.53. The van der Waals surface area contributed by atoms with Crippen molar-refractivity contribution in [3.05, 3.63) is 11.6 Å². The van der Waals surface area contributed by atoms with Gasteiger partial charge in [-0.25, -0.2) is 0 Å². The summed E-state index contributed by atoms with van der Waals surface area (Å²) >= 11 is 0. The van der Waals surface area contributed by atoms with Gasteiger partial charge in [0.15, 0.2) is 5.78 Å². The van der Waals surface area contributed by atoms with Gasteiger partial charge in [0.1, 0.15) is 12.2 Å². The molecule has 7 rings (SSSR count).